The van der Waals surface area contributed by atoms with Crippen LogP contribution in [0, 0.1) is 5.82 Å². The second kappa shape index (κ2) is 7.54. The second-order valence-electron chi connectivity index (χ2n) is 4.86. The normalized spacial score (nSPS) is 11.6. The van der Waals surface area contributed by atoms with Crippen molar-refractivity contribution in [1.82, 2.24) is 10.3 Å². The Morgan fingerprint density at radius 2 is 2.15 bits per heavy atom. The molecule has 20 heavy (non-hydrogen) atoms. The molecular formula is C13H22FN3O2S. The first-order valence-electron chi connectivity index (χ1n) is 6.57. The van der Waals surface area contributed by atoms with Gasteiger partial charge in [-0.05, 0) is 19.0 Å². The molecule has 0 atom stereocenters. The number of hydrogen-bond acceptors (Lipinski definition) is 5. The predicted octanol–water partition coefficient (Wildman–Crippen LogP) is 1.20. The summed E-state index contributed by atoms with van der Waals surface area (Å²) in [4.78, 5) is 5.81. The molecule has 0 aliphatic rings. The Morgan fingerprint density at radius 1 is 1.45 bits per heavy atom. The van der Waals surface area contributed by atoms with Gasteiger partial charge in [-0.2, -0.15) is 0 Å². The van der Waals surface area contributed by atoms with Crippen LogP contribution in [0.2, 0.25) is 0 Å². The number of pyridine rings is 1. The first kappa shape index (κ1) is 16.8. The van der Waals surface area contributed by atoms with Crippen molar-refractivity contribution in [3.63, 3.8) is 0 Å². The van der Waals surface area contributed by atoms with Crippen LogP contribution in [0.25, 0.3) is 0 Å². The molecule has 0 aromatic carbocycles. The molecule has 0 radical (unpaired) electrons. The zero-order chi connectivity index (χ0) is 15.2. The minimum atomic E-state index is -3.03. The zero-order valence-corrected chi connectivity index (χ0v) is 13.0. The summed E-state index contributed by atoms with van der Waals surface area (Å²) < 4.78 is 35.7. The van der Waals surface area contributed by atoms with Gasteiger partial charge in [0.1, 0.15) is 21.5 Å². The molecule has 7 heteroatoms. The van der Waals surface area contributed by atoms with Gasteiger partial charge in [-0.1, -0.05) is 6.92 Å². The van der Waals surface area contributed by atoms with E-state index >= 15 is 0 Å². The Hall–Kier alpha value is -1.21. The Morgan fingerprint density at radius 3 is 2.75 bits per heavy atom. The van der Waals surface area contributed by atoms with Crippen molar-refractivity contribution in [2.75, 3.05) is 37.0 Å². The van der Waals surface area contributed by atoms with Crippen LogP contribution in [0.5, 0.6) is 0 Å². The maximum absolute atomic E-state index is 13.3. The van der Waals surface area contributed by atoms with Gasteiger partial charge in [-0.3, -0.25) is 0 Å². The minimum Gasteiger partial charge on any atom is -0.358 e. The van der Waals surface area contributed by atoms with Gasteiger partial charge in [0.15, 0.2) is 0 Å². The monoisotopic (exact) mass is 303 g/mol. The van der Waals surface area contributed by atoms with Gasteiger partial charge in [0, 0.05) is 32.0 Å². The number of aromatic nitrogens is 1. The lowest BCUT2D eigenvalue weighted by atomic mass is 10.2. The largest absolute Gasteiger partial charge is 0.358 e. The van der Waals surface area contributed by atoms with E-state index in [-0.39, 0.29) is 5.75 Å². The molecule has 0 saturated heterocycles. The number of halogens is 1. The van der Waals surface area contributed by atoms with Gasteiger partial charge in [-0.25, -0.2) is 17.8 Å². The van der Waals surface area contributed by atoms with E-state index in [1.54, 1.807) is 11.9 Å². The van der Waals surface area contributed by atoms with Crippen molar-refractivity contribution in [3.05, 3.63) is 23.6 Å². The first-order chi connectivity index (χ1) is 9.33. The van der Waals surface area contributed by atoms with Gasteiger partial charge < -0.3 is 10.2 Å². The summed E-state index contributed by atoms with van der Waals surface area (Å²) in [5, 5.41) is 3.19. The standard InChI is InChI=1S/C13H22FN3O2S/c1-4-5-15-9-11-8-12(14)10-16-13(11)17(2)6-7-20(3,18)19/h8,10,15H,4-7,9H2,1-3H3. The maximum Gasteiger partial charge on any atom is 0.149 e. The number of anilines is 1. The second-order valence-corrected chi connectivity index (χ2v) is 7.12. The number of hydrogen-bond donors (Lipinski definition) is 1. The molecule has 0 fully saturated rings. The van der Waals surface area contributed by atoms with Crippen LogP contribution >= 0.6 is 0 Å². The van der Waals surface area contributed by atoms with Crippen molar-refractivity contribution in [2.24, 2.45) is 0 Å². The fraction of sp³-hybridized carbons (Fsp3) is 0.615. The van der Waals surface area contributed by atoms with E-state index < -0.39 is 15.7 Å². The predicted molar refractivity (Wildman–Crippen MR) is 79.2 cm³/mol. The van der Waals surface area contributed by atoms with Crippen molar-refractivity contribution in [1.29, 1.82) is 0 Å². The van der Waals surface area contributed by atoms with Crippen molar-refractivity contribution in [3.8, 4) is 0 Å². The summed E-state index contributed by atoms with van der Waals surface area (Å²) in [6.07, 6.45) is 3.33. The Balaban J connectivity index is 2.81. The fourth-order valence-corrected chi connectivity index (χ4v) is 2.36. The third kappa shape index (κ3) is 5.83. The number of nitrogens with zero attached hydrogens (tertiary/aromatic N) is 2. The van der Waals surface area contributed by atoms with E-state index in [9.17, 15) is 12.8 Å². The van der Waals surface area contributed by atoms with Crippen molar-refractivity contribution >= 4 is 15.7 Å². The number of sulfone groups is 1. The molecule has 1 heterocycles. The fourth-order valence-electron chi connectivity index (χ4n) is 1.76. The molecule has 1 aromatic heterocycles. The van der Waals surface area contributed by atoms with Crippen LogP contribution in [-0.2, 0) is 16.4 Å². The highest BCUT2D eigenvalue weighted by atomic mass is 32.2. The Labute approximate surface area is 120 Å². The summed E-state index contributed by atoms with van der Waals surface area (Å²) in [7, 11) is -1.27. The van der Waals surface area contributed by atoms with E-state index in [0.717, 1.165) is 24.7 Å². The molecule has 1 rings (SSSR count). The van der Waals surface area contributed by atoms with Crippen molar-refractivity contribution < 1.29 is 12.8 Å². The van der Waals surface area contributed by atoms with Crippen LogP contribution in [0.1, 0.15) is 18.9 Å². The molecule has 1 aromatic rings. The molecule has 0 spiro atoms. The summed E-state index contributed by atoms with van der Waals surface area (Å²) in [6, 6.07) is 1.43. The van der Waals surface area contributed by atoms with E-state index in [1.807, 2.05) is 0 Å². The lowest BCUT2D eigenvalue weighted by Crippen LogP contribution is -2.27. The lowest BCUT2D eigenvalue weighted by molar-refractivity contribution is 0.599. The van der Waals surface area contributed by atoms with Crippen LogP contribution < -0.4 is 10.2 Å². The van der Waals surface area contributed by atoms with Crippen LogP contribution in [0.3, 0.4) is 0 Å². The maximum atomic E-state index is 13.3. The van der Waals surface area contributed by atoms with Gasteiger partial charge in [0.25, 0.3) is 0 Å². The smallest absolute Gasteiger partial charge is 0.149 e. The molecule has 0 amide bonds. The quantitative estimate of drug-likeness (QED) is 0.731. The molecule has 114 valence electrons. The van der Waals surface area contributed by atoms with E-state index in [1.165, 1.54) is 12.3 Å². The molecule has 0 unspecified atom stereocenters. The van der Waals surface area contributed by atoms with Gasteiger partial charge >= 0.3 is 0 Å². The highest BCUT2D eigenvalue weighted by molar-refractivity contribution is 7.90. The van der Waals surface area contributed by atoms with E-state index in [0.29, 0.717) is 18.9 Å². The summed E-state index contributed by atoms with van der Waals surface area (Å²) >= 11 is 0. The highest BCUT2D eigenvalue weighted by Gasteiger charge is 2.12. The molecule has 0 aliphatic carbocycles. The van der Waals surface area contributed by atoms with Crippen LogP contribution in [0.4, 0.5) is 10.2 Å². The van der Waals surface area contributed by atoms with Crippen LogP contribution in [-0.4, -0.2) is 45.5 Å². The van der Waals surface area contributed by atoms with Gasteiger partial charge in [0.2, 0.25) is 0 Å². The molecule has 0 saturated carbocycles. The number of nitrogens with one attached hydrogen (secondary N) is 1. The Kier molecular flexibility index (Phi) is 6.35. The average Bonchev–Trinajstić information content (AvgIpc) is 2.36. The average molecular weight is 303 g/mol. The molecule has 0 aliphatic heterocycles. The third-order valence-corrected chi connectivity index (χ3v) is 3.73. The van der Waals surface area contributed by atoms with Gasteiger partial charge in [0.05, 0.1) is 11.9 Å². The Bertz CT molecular complexity index is 534. The van der Waals surface area contributed by atoms with Crippen LogP contribution in [0.15, 0.2) is 12.3 Å². The number of rotatable bonds is 8. The molecule has 5 nitrogen and oxygen atoms in total. The van der Waals surface area contributed by atoms with Crippen molar-refractivity contribution in [2.45, 2.75) is 19.9 Å². The SMILES string of the molecule is CCCNCc1cc(F)cnc1N(C)CCS(C)(=O)=O. The minimum absolute atomic E-state index is 0.0460. The molecular weight excluding hydrogens is 281 g/mol. The van der Waals surface area contributed by atoms with E-state index in [2.05, 4.69) is 17.2 Å². The summed E-state index contributed by atoms with van der Waals surface area (Å²) in [5.41, 5.74) is 0.731. The summed E-state index contributed by atoms with van der Waals surface area (Å²) in [6.45, 7) is 3.73. The van der Waals surface area contributed by atoms with Gasteiger partial charge in [-0.15, -0.1) is 0 Å². The summed E-state index contributed by atoms with van der Waals surface area (Å²) in [5.74, 6) is 0.266. The zero-order valence-electron chi connectivity index (χ0n) is 12.2. The first-order valence-corrected chi connectivity index (χ1v) is 8.63. The topological polar surface area (TPSA) is 62.3 Å². The van der Waals surface area contributed by atoms with E-state index in [4.69, 9.17) is 0 Å². The molecule has 1 N–H and O–H groups in total. The highest BCUT2D eigenvalue weighted by Crippen LogP contribution is 2.17. The lowest BCUT2D eigenvalue weighted by Gasteiger charge is -2.21. The molecule has 0 bridgehead atoms. The third-order valence-electron chi connectivity index (χ3n) is 2.81.